The average Bonchev–Trinajstić information content (AvgIpc) is 2.29. The van der Waals surface area contributed by atoms with E-state index >= 15 is 0 Å². The van der Waals surface area contributed by atoms with E-state index in [2.05, 4.69) is 61.3 Å². The monoisotopic (exact) mass is 218 g/mol. The number of rotatable bonds is 2. The predicted octanol–water partition coefficient (Wildman–Crippen LogP) is 2.43. The van der Waals surface area contributed by atoms with Crippen LogP contribution in [0, 0.1) is 0 Å². The molecular formula is C14H22N2. The molecule has 16 heavy (non-hydrogen) atoms. The Morgan fingerprint density at radius 1 is 1.31 bits per heavy atom. The van der Waals surface area contributed by atoms with Crippen LogP contribution in [0.4, 0.5) is 0 Å². The average molecular weight is 218 g/mol. The lowest BCUT2D eigenvalue weighted by molar-refractivity contribution is 0.0531. The van der Waals surface area contributed by atoms with Gasteiger partial charge in [0.2, 0.25) is 0 Å². The molecule has 1 atom stereocenters. The van der Waals surface area contributed by atoms with Crippen LogP contribution in [0.1, 0.15) is 32.4 Å². The van der Waals surface area contributed by atoms with Crippen LogP contribution in [-0.2, 0) is 0 Å². The Bertz CT molecular complexity index is 332. The van der Waals surface area contributed by atoms with E-state index in [1.165, 1.54) is 5.56 Å². The van der Waals surface area contributed by atoms with Gasteiger partial charge < -0.3 is 5.32 Å². The van der Waals surface area contributed by atoms with E-state index in [0.717, 1.165) is 19.6 Å². The Hall–Kier alpha value is -0.860. The maximum atomic E-state index is 3.65. The zero-order valence-corrected chi connectivity index (χ0v) is 10.5. The quantitative estimate of drug-likeness (QED) is 0.820. The van der Waals surface area contributed by atoms with Crippen molar-refractivity contribution in [2.24, 2.45) is 0 Å². The van der Waals surface area contributed by atoms with Crippen molar-refractivity contribution in [1.82, 2.24) is 10.2 Å². The smallest absolute Gasteiger partial charge is 0.0502 e. The summed E-state index contributed by atoms with van der Waals surface area (Å²) in [6.45, 7) is 10.3. The Labute approximate surface area is 98.7 Å². The minimum Gasteiger partial charge on any atom is -0.307 e. The Morgan fingerprint density at radius 3 is 2.62 bits per heavy atom. The van der Waals surface area contributed by atoms with Gasteiger partial charge in [-0.3, -0.25) is 4.90 Å². The van der Waals surface area contributed by atoms with Crippen molar-refractivity contribution >= 4 is 0 Å². The fourth-order valence-corrected chi connectivity index (χ4v) is 2.80. The second kappa shape index (κ2) is 4.56. The SMILES string of the molecule is CCN1CCN[C@H](c2ccccc2)C1(C)C. The van der Waals surface area contributed by atoms with Gasteiger partial charge in [0.1, 0.15) is 0 Å². The molecule has 0 radical (unpaired) electrons. The van der Waals surface area contributed by atoms with Gasteiger partial charge in [0.05, 0.1) is 6.04 Å². The Morgan fingerprint density at radius 2 is 2.00 bits per heavy atom. The zero-order valence-electron chi connectivity index (χ0n) is 10.5. The lowest BCUT2D eigenvalue weighted by Gasteiger charge is -2.48. The van der Waals surface area contributed by atoms with Crippen LogP contribution in [-0.4, -0.2) is 30.1 Å². The number of hydrogen-bond acceptors (Lipinski definition) is 2. The lowest BCUT2D eigenvalue weighted by atomic mass is 9.85. The van der Waals surface area contributed by atoms with Crippen molar-refractivity contribution in [2.75, 3.05) is 19.6 Å². The maximum Gasteiger partial charge on any atom is 0.0502 e. The van der Waals surface area contributed by atoms with Crippen LogP contribution >= 0.6 is 0 Å². The van der Waals surface area contributed by atoms with E-state index in [0.29, 0.717) is 6.04 Å². The summed E-state index contributed by atoms with van der Waals surface area (Å²) >= 11 is 0. The van der Waals surface area contributed by atoms with Crippen molar-refractivity contribution in [3.05, 3.63) is 35.9 Å². The fourth-order valence-electron chi connectivity index (χ4n) is 2.80. The summed E-state index contributed by atoms with van der Waals surface area (Å²) in [5, 5.41) is 3.65. The van der Waals surface area contributed by atoms with Gasteiger partial charge in [0.25, 0.3) is 0 Å². The molecule has 1 fully saturated rings. The maximum absolute atomic E-state index is 3.65. The van der Waals surface area contributed by atoms with Crippen molar-refractivity contribution in [2.45, 2.75) is 32.4 Å². The van der Waals surface area contributed by atoms with Gasteiger partial charge in [0, 0.05) is 18.6 Å². The molecule has 0 spiro atoms. The summed E-state index contributed by atoms with van der Waals surface area (Å²) in [4.78, 5) is 2.56. The summed E-state index contributed by atoms with van der Waals surface area (Å²) < 4.78 is 0. The molecule has 0 unspecified atom stereocenters. The molecular weight excluding hydrogens is 196 g/mol. The molecule has 0 amide bonds. The molecule has 1 aliphatic rings. The summed E-state index contributed by atoms with van der Waals surface area (Å²) in [5.74, 6) is 0. The molecule has 2 nitrogen and oxygen atoms in total. The number of nitrogens with zero attached hydrogens (tertiary/aromatic N) is 1. The van der Waals surface area contributed by atoms with Crippen LogP contribution < -0.4 is 5.32 Å². The van der Waals surface area contributed by atoms with E-state index in [-0.39, 0.29) is 5.54 Å². The van der Waals surface area contributed by atoms with E-state index in [1.807, 2.05) is 0 Å². The first kappa shape index (κ1) is 11.6. The van der Waals surface area contributed by atoms with E-state index in [9.17, 15) is 0 Å². The van der Waals surface area contributed by atoms with Crippen molar-refractivity contribution in [3.63, 3.8) is 0 Å². The molecule has 0 aromatic heterocycles. The Balaban J connectivity index is 2.27. The predicted molar refractivity (Wildman–Crippen MR) is 68.5 cm³/mol. The molecule has 1 aromatic carbocycles. The summed E-state index contributed by atoms with van der Waals surface area (Å²) in [5.41, 5.74) is 1.58. The van der Waals surface area contributed by atoms with Gasteiger partial charge in [-0.05, 0) is 26.0 Å². The third-order valence-electron chi connectivity index (χ3n) is 3.77. The van der Waals surface area contributed by atoms with E-state index < -0.39 is 0 Å². The largest absolute Gasteiger partial charge is 0.307 e. The van der Waals surface area contributed by atoms with Crippen LogP contribution in [0.5, 0.6) is 0 Å². The minimum absolute atomic E-state index is 0.189. The first-order valence-electron chi connectivity index (χ1n) is 6.19. The first-order valence-corrected chi connectivity index (χ1v) is 6.19. The molecule has 0 bridgehead atoms. The van der Waals surface area contributed by atoms with Gasteiger partial charge in [0.15, 0.2) is 0 Å². The third kappa shape index (κ3) is 2.00. The van der Waals surface area contributed by atoms with Gasteiger partial charge in [-0.15, -0.1) is 0 Å². The van der Waals surface area contributed by atoms with Crippen molar-refractivity contribution < 1.29 is 0 Å². The molecule has 2 rings (SSSR count). The van der Waals surface area contributed by atoms with Crippen LogP contribution in [0.2, 0.25) is 0 Å². The number of hydrogen-bond donors (Lipinski definition) is 1. The van der Waals surface area contributed by atoms with Gasteiger partial charge in [-0.1, -0.05) is 37.3 Å². The van der Waals surface area contributed by atoms with Crippen molar-refractivity contribution in [3.8, 4) is 0 Å². The number of benzene rings is 1. The van der Waals surface area contributed by atoms with Crippen molar-refractivity contribution in [1.29, 1.82) is 0 Å². The van der Waals surface area contributed by atoms with Crippen LogP contribution in [0.25, 0.3) is 0 Å². The molecule has 0 saturated carbocycles. The highest BCUT2D eigenvalue weighted by Gasteiger charge is 2.38. The molecule has 1 heterocycles. The Kier molecular flexibility index (Phi) is 3.31. The second-order valence-corrected chi connectivity index (χ2v) is 5.03. The molecule has 88 valence electrons. The lowest BCUT2D eigenvalue weighted by Crippen LogP contribution is -2.59. The molecule has 1 aliphatic heterocycles. The highest BCUT2D eigenvalue weighted by Crippen LogP contribution is 2.32. The summed E-state index contributed by atoms with van der Waals surface area (Å²) in [7, 11) is 0. The number of piperazine rings is 1. The van der Waals surface area contributed by atoms with Gasteiger partial charge in [-0.25, -0.2) is 0 Å². The van der Waals surface area contributed by atoms with Crippen LogP contribution in [0.15, 0.2) is 30.3 Å². The van der Waals surface area contributed by atoms with E-state index in [4.69, 9.17) is 0 Å². The highest BCUT2D eigenvalue weighted by molar-refractivity contribution is 5.23. The third-order valence-corrected chi connectivity index (χ3v) is 3.77. The molecule has 2 heteroatoms. The molecule has 1 saturated heterocycles. The second-order valence-electron chi connectivity index (χ2n) is 5.03. The van der Waals surface area contributed by atoms with Gasteiger partial charge >= 0.3 is 0 Å². The standard InChI is InChI=1S/C14H22N2/c1-4-16-11-10-15-13(14(16,2)3)12-8-6-5-7-9-12/h5-9,13,15H,4,10-11H2,1-3H3/t13-/m1/s1. The minimum atomic E-state index is 0.189. The normalized spacial score (nSPS) is 25.6. The molecule has 0 aliphatic carbocycles. The zero-order chi connectivity index (χ0) is 11.6. The van der Waals surface area contributed by atoms with Crippen LogP contribution in [0.3, 0.4) is 0 Å². The molecule has 1 aromatic rings. The summed E-state index contributed by atoms with van der Waals surface area (Å²) in [6.07, 6.45) is 0. The summed E-state index contributed by atoms with van der Waals surface area (Å²) in [6, 6.07) is 11.2. The first-order chi connectivity index (χ1) is 7.66. The van der Waals surface area contributed by atoms with E-state index in [1.54, 1.807) is 0 Å². The fraction of sp³-hybridized carbons (Fsp3) is 0.571. The number of likely N-dealkylation sites (N-methyl/N-ethyl adjacent to an activating group) is 1. The van der Waals surface area contributed by atoms with Gasteiger partial charge in [-0.2, -0.15) is 0 Å². The highest BCUT2D eigenvalue weighted by atomic mass is 15.3. The number of nitrogens with one attached hydrogen (secondary N) is 1. The topological polar surface area (TPSA) is 15.3 Å². The molecule has 1 N–H and O–H groups in total.